The number of hydrogen-bond acceptors (Lipinski definition) is 4. The Bertz CT molecular complexity index is 833. The van der Waals surface area contributed by atoms with Gasteiger partial charge in [-0.2, -0.15) is 79.0 Å². The average molecular weight is 637 g/mol. The van der Waals surface area contributed by atoms with Gasteiger partial charge < -0.3 is 10.2 Å². The van der Waals surface area contributed by atoms with E-state index >= 15 is 0 Å². The second-order valence-electron chi connectivity index (χ2n) is 9.53. The SMILES string of the molecule is CC1C(C(O)(C(F)(F)F)C(F)(F)F)C(C)C(C(N=O)(C(F)(F)F)C(F)(F)F)C(C)C1C(O)(C(F)(F)F)C(F)(F)F. The smallest absolute Gasteiger partial charge is 0.373 e. The van der Waals surface area contributed by atoms with Crippen molar-refractivity contribution >= 4 is 0 Å². The Morgan fingerprint density at radius 1 is 0.425 bits per heavy atom. The lowest BCUT2D eigenvalue weighted by Gasteiger charge is -2.59. The summed E-state index contributed by atoms with van der Waals surface area (Å²) >= 11 is 0. The molecule has 0 aromatic carbocycles. The van der Waals surface area contributed by atoms with Crippen molar-refractivity contribution in [3.8, 4) is 0 Å². The maximum absolute atomic E-state index is 13.9. The first kappa shape index (κ1) is 36.3. The van der Waals surface area contributed by atoms with Crippen LogP contribution in [0.1, 0.15) is 20.8 Å². The van der Waals surface area contributed by atoms with Crippen LogP contribution in [0.2, 0.25) is 0 Å². The number of aliphatic hydroxyl groups is 2. The molecular weight excluding hydrogens is 620 g/mol. The van der Waals surface area contributed by atoms with Crippen LogP contribution in [-0.4, -0.2) is 64.0 Å². The fourth-order valence-electron chi connectivity index (χ4n) is 6.17. The highest BCUT2D eigenvalue weighted by Crippen LogP contribution is 2.67. The zero-order chi connectivity index (χ0) is 32.7. The number of nitrogens with zero attached hydrogens (tertiary/aromatic N) is 1. The van der Waals surface area contributed by atoms with Gasteiger partial charge in [-0.25, -0.2) is 0 Å². The highest BCUT2D eigenvalue weighted by Gasteiger charge is 2.86. The monoisotopic (exact) mass is 637 g/mol. The molecule has 2 N–H and O–H groups in total. The topological polar surface area (TPSA) is 69.9 Å². The van der Waals surface area contributed by atoms with E-state index in [1.165, 1.54) is 0 Å². The van der Waals surface area contributed by atoms with Crippen molar-refractivity contribution in [3.05, 3.63) is 4.91 Å². The predicted octanol–water partition coefficient (Wildman–Crippen LogP) is 7.10. The molecule has 4 nitrogen and oxygen atoms in total. The van der Waals surface area contributed by atoms with Crippen LogP contribution >= 0.6 is 0 Å². The van der Waals surface area contributed by atoms with Gasteiger partial charge in [0.15, 0.2) is 0 Å². The van der Waals surface area contributed by atoms with Crippen molar-refractivity contribution in [2.24, 2.45) is 40.7 Å². The van der Waals surface area contributed by atoms with Gasteiger partial charge in [-0.05, 0) is 22.9 Å². The average Bonchev–Trinajstić information content (AvgIpc) is 2.65. The molecule has 0 amide bonds. The Morgan fingerprint density at radius 3 is 0.775 bits per heavy atom. The molecule has 1 rings (SSSR count). The summed E-state index contributed by atoms with van der Waals surface area (Å²) in [4.78, 5) is 11.2. The normalized spacial score (nSPS) is 29.0. The van der Waals surface area contributed by atoms with Gasteiger partial charge in [0, 0.05) is 17.8 Å². The van der Waals surface area contributed by atoms with Crippen LogP contribution < -0.4 is 0 Å². The summed E-state index contributed by atoms with van der Waals surface area (Å²) in [5, 5.41) is 20.4. The first-order valence-electron chi connectivity index (χ1n) is 10.4. The van der Waals surface area contributed by atoms with Crippen LogP contribution in [0.3, 0.4) is 0 Å². The van der Waals surface area contributed by atoms with E-state index in [0.717, 1.165) is 5.18 Å². The Kier molecular flexibility index (Phi) is 8.75. The summed E-state index contributed by atoms with van der Waals surface area (Å²) in [5.41, 5.74) is -19.5. The summed E-state index contributed by atoms with van der Waals surface area (Å²) in [6.07, 6.45) is -43.2. The lowest BCUT2D eigenvalue weighted by Crippen LogP contribution is -2.75. The van der Waals surface area contributed by atoms with Gasteiger partial charge >= 0.3 is 37.1 Å². The third-order valence-corrected chi connectivity index (χ3v) is 7.58. The second kappa shape index (κ2) is 9.65. The van der Waals surface area contributed by atoms with Gasteiger partial charge in [-0.3, -0.25) is 0 Å². The van der Waals surface area contributed by atoms with Crippen LogP contribution in [-0.2, 0) is 0 Å². The largest absolute Gasteiger partial charge is 0.426 e. The summed E-state index contributed by atoms with van der Waals surface area (Å²) in [6.45, 7) is -0.877. The number of hydrogen-bond donors (Lipinski definition) is 2. The molecule has 0 aromatic heterocycles. The highest BCUT2D eigenvalue weighted by atomic mass is 19.4. The fraction of sp³-hybridized carbons (Fsp3) is 1.00. The molecule has 0 saturated heterocycles. The minimum absolute atomic E-state index is 0.291. The molecule has 1 fully saturated rings. The third-order valence-electron chi connectivity index (χ3n) is 7.58. The van der Waals surface area contributed by atoms with Gasteiger partial charge in [-0.15, -0.1) is 4.91 Å². The molecule has 0 spiro atoms. The summed E-state index contributed by atoms with van der Waals surface area (Å²) < 4.78 is 247. The molecule has 0 aromatic rings. The standard InChI is InChI=1S/C18H17F18NO3/c1-4-7(10(37-40,13(19,20)21)14(22,23)24)5(2)9(12(39,17(31,32)33)18(34,35)36)6(3)8(4)11(38,15(25,26)27)16(28,29)30/h4-9,38-39H,1-3H3. The van der Waals surface area contributed by atoms with Gasteiger partial charge in [0.05, 0.1) is 0 Å². The van der Waals surface area contributed by atoms with Crippen LogP contribution in [0, 0.1) is 40.4 Å². The van der Waals surface area contributed by atoms with E-state index in [-0.39, 0.29) is 20.8 Å². The fourth-order valence-corrected chi connectivity index (χ4v) is 6.17. The van der Waals surface area contributed by atoms with Crippen LogP contribution in [0.15, 0.2) is 5.18 Å². The van der Waals surface area contributed by atoms with Gasteiger partial charge in [-0.1, -0.05) is 20.8 Å². The van der Waals surface area contributed by atoms with Crippen molar-refractivity contribution in [1.82, 2.24) is 0 Å². The van der Waals surface area contributed by atoms with Crippen molar-refractivity contribution in [2.75, 3.05) is 0 Å². The van der Waals surface area contributed by atoms with Gasteiger partial charge in [0.25, 0.3) is 16.7 Å². The Balaban J connectivity index is 4.54. The molecule has 0 heterocycles. The molecular formula is C18H17F18NO3. The quantitative estimate of drug-likeness (QED) is 0.256. The molecule has 1 aliphatic rings. The Morgan fingerprint density at radius 2 is 0.625 bits per heavy atom. The number of nitroso groups, excluding NO2 is 1. The van der Waals surface area contributed by atoms with Crippen LogP contribution in [0.4, 0.5) is 79.0 Å². The second-order valence-corrected chi connectivity index (χ2v) is 9.53. The first-order chi connectivity index (χ1) is 17.2. The number of halogens is 18. The molecule has 40 heavy (non-hydrogen) atoms. The first-order valence-corrected chi connectivity index (χ1v) is 10.4. The van der Waals surface area contributed by atoms with E-state index in [1.807, 2.05) is 0 Å². The minimum Gasteiger partial charge on any atom is -0.373 e. The maximum Gasteiger partial charge on any atom is 0.426 e. The lowest BCUT2D eigenvalue weighted by atomic mass is 9.47. The molecule has 4 unspecified atom stereocenters. The molecule has 238 valence electrons. The number of rotatable bonds is 4. The summed E-state index contributed by atoms with van der Waals surface area (Å²) in [5.74, 6) is -24.2. The van der Waals surface area contributed by atoms with E-state index in [9.17, 15) is 94.1 Å². The maximum atomic E-state index is 13.9. The van der Waals surface area contributed by atoms with Crippen molar-refractivity contribution in [2.45, 2.75) is 74.6 Å². The molecule has 4 atom stereocenters. The lowest BCUT2D eigenvalue weighted by molar-refractivity contribution is -0.427. The van der Waals surface area contributed by atoms with E-state index in [2.05, 4.69) is 0 Å². The minimum atomic E-state index is -7.20. The van der Waals surface area contributed by atoms with E-state index < -0.39 is 89.3 Å². The molecule has 1 saturated carbocycles. The molecule has 22 heteroatoms. The van der Waals surface area contributed by atoms with Crippen molar-refractivity contribution < 1.29 is 89.2 Å². The predicted molar refractivity (Wildman–Crippen MR) is 92.7 cm³/mol. The van der Waals surface area contributed by atoms with Gasteiger partial charge in [0.2, 0.25) is 0 Å². The van der Waals surface area contributed by atoms with E-state index in [0.29, 0.717) is 0 Å². The zero-order valence-electron chi connectivity index (χ0n) is 19.5. The zero-order valence-corrected chi connectivity index (χ0v) is 19.5. The van der Waals surface area contributed by atoms with Crippen LogP contribution in [0.5, 0.6) is 0 Å². The Labute approximate surface area is 210 Å². The number of alkyl halides is 18. The van der Waals surface area contributed by atoms with Crippen LogP contribution in [0.25, 0.3) is 0 Å². The Hall–Kier alpha value is -1.74. The highest BCUT2D eigenvalue weighted by molar-refractivity contribution is 5.19. The molecule has 0 radical (unpaired) electrons. The summed E-state index contributed by atoms with van der Waals surface area (Å²) in [6, 6.07) is 0. The summed E-state index contributed by atoms with van der Waals surface area (Å²) in [7, 11) is 0. The molecule has 0 bridgehead atoms. The molecule has 0 aliphatic heterocycles. The van der Waals surface area contributed by atoms with E-state index in [4.69, 9.17) is 0 Å². The molecule has 1 aliphatic carbocycles. The van der Waals surface area contributed by atoms with Crippen molar-refractivity contribution in [3.63, 3.8) is 0 Å². The van der Waals surface area contributed by atoms with E-state index in [1.54, 1.807) is 0 Å². The third kappa shape index (κ3) is 4.77. The van der Waals surface area contributed by atoms with Crippen molar-refractivity contribution in [1.29, 1.82) is 0 Å². The van der Waals surface area contributed by atoms with Gasteiger partial charge in [0.1, 0.15) is 0 Å².